The fraction of sp³-hybridized carbons (Fsp3) is 0.118. The molecule has 1 heterocycles. The van der Waals surface area contributed by atoms with Gasteiger partial charge in [-0.1, -0.05) is 12.1 Å². The number of furan rings is 1. The van der Waals surface area contributed by atoms with E-state index in [1.807, 2.05) is 12.1 Å². The van der Waals surface area contributed by atoms with E-state index in [0.29, 0.717) is 17.2 Å². The van der Waals surface area contributed by atoms with Gasteiger partial charge in [-0.15, -0.1) is 0 Å². The number of nitrogens with zero attached hydrogens (tertiary/aromatic N) is 1. The average Bonchev–Trinajstić information content (AvgIpc) is 3.10. The number of anilines is 1. The first-order chi connectivity index (χ1) is 11.5. The summed E-state index contributed by atoms with van der Waals surface area (Å²) in [4.78, 5) is 23.2. The molecular formula is C17H18N4O3. The Hall–Kier alpha value is -3.35. The van der Waals surface area contributed by atoms with Crippen LogP contribution in [0.3, 0.4) is 0 Å². The van der Waals surface area contributed by atoms with Crippen LogP contribution in [-0.4, -0.2) is 24.1 Å². The fourth-order valence-corrected chi connectivity index (χ4v) is 1.74. The van der Waals surface area contributed by atoms with Crippen molar-refractivity contribution in [2.75, 3.05) is 12.3 Å². The standard InChI is InChI=1S/C17H18N4O3/c1-12(13-4-6-14(18)7-5-13)20-21-17(23)11-19-16(22)9-8-15-3-2-10-24-15/h2-10H,11,18H2,1H3,(H,19,22)(H,21,23)/b9-8+,20-12+. The van der Waals surface area contributed by atoms with Gasteiger partial charge >= 0.3 is 0 Å². The molecule has 0 saturated carbocycles. The van der Waals surface area contributed by atoms with E-state index in [1.54, 1.807) is 31.2 Å². The molecule has 24 heavy (non-hydrogen) atoms. The number of nitrogen functional groups attached to an aromatic ring is 1. The summed E-state index contributed by atoms with van der Waals surface area (Å²) in [5.41, 5.74) is 10.1. The van der Waals surface area contributed by atoms with Crippen molar-refractivity contribution in [2.45, 2.75) is 6.92 Å². The maximum absolute atomic E-state index is 11.7. The van der Waals surface area contributed by atoms with E-state index in [9.17, 15) is 9.59 Å². The van der Waals surface area contributed by atoms with Gasteiger partial charge in [0.05, 0.1) is 18.5 Å². The number of hydrazone groups is 1. The van der Waals surface area contributed by atoms with Crippen molar-refractivity contribution in [2.24, 2.45) is 5.10 Å². The predicted octanol–water partition coefficient (Wildman–Crippen LogP) is 1.53. The molecule has 0 saturated heterocycles. The Morgan fingerprint density at radius 1 is 1.25 bits per heavy atom. The zero-order valence-electron chi connectivity index (χ0n) is 13.2. The van der Waals surface area contributed by atoms with Gasteiger partial charge in [0, 0.05) is 11.8 Å². The minimum Gasteiger partial charge on any atom is -0.465 e. The van der Waals surface area contributed by atoms with E-state index in [1.165, 1.54) is 18.4 Å². The number of amides is 2. The Morgan fingerprint density at radius 2 is 2.00 bits per heavy atom. The lowest BCUT2D eigenvalue weighted by Crippen LogP contribution is -2.34. The number of benzene rings is 1. The molecule has 124 valence electrons. The van der Waals surface area contributed by atoms with Gasteiger partial charge in [0.25, 0.3) is 5.91 Å². The van der Waals surface area contributed by atoms with Gasteiger partial charge in [0.2, 0.25) is 5.91 Å². The van der Waals surface area contributed by atoms with Crippen LogP contribution in [0.2, 0.25) is 0 Å². The topological polar surface area (TPSA) is 110 Å². The third-order valence-electron chi connectivity index (χ3n) is 3.04. The maximum atomic E-state index is 11.7. The molecule has 0 spiro atoms. The molecule has 4 N–H and O–H groups in total. The number of carbonyl (C=O) groups is 2. The number of nitrogens with two attached hydrogens (primary N) is 1. The summed E-state index contributed by atoms with van der Waals surface area (Å²) in [5.74, 6) is -0.274. The second kappa shape index (κ2) is 8.33. The zero-order chi connectivity index (χ0) is 17.4. The van der Waals surface area contributed by atoms with Gasteiger partial charge in [0.1, 0.15) is 5.76 Å². The molecule has 0 fully saturated rings. The van der Waals surface area contributed by atoms with Crippen LogP contribution in [0.4, 0.5) is 5.69 Å². The van der Waals surface area contributed by atoms with Gasteiger partial charge in [-0.05, 0) is 42.8 Å². The van der Waals surface area contributed by atoms with Crippen LogP contribution in [-0.2, 0) is 9.59 Å². The first-order valence-electron chi connectivity index (χ1n) is 7.23. The first-order valence-corrected chi connectivity index (χ1v) is 7.23. The molecule has 0 atom stereocenters. The largest absolute Gasteiger partial charge is 0.465 e. The number of carbonyl (C=O) groups excluding carboxylic acids is 2. The van der Waals surface area contributed by atoms with Crippen molar-refractivity contribution in [3.8, 4) is 0 Å². The second-order valence-corrected chi connectivity index (χ2v) is 4.92. The normalized spacial score (nSPS) is 11.5. The molecule has 0 radical (unpaired) electrons. The van der Waals surface area contributed by atoms with Gasteiger partial charge in [-0.25, -0.2) is 5.43 Å². The Kier molecular flexibility index (Phi) is 5.90. The number of hydrogen-bond acceptors (Lipinski definition) is 5. The predicted molar refractivity (Wildman–Crippen MR) is 92.0 cm³/mol. The minimum atomic E-state index is -0.426. The van der Waals surface area contributed by atoms with Crippen LogP contribution in [0.15, 0.2) is 58.3 Å². The highest BCUT2D eigenvalue weighted by Gasteiger charge is 2.03. The van der Waals surface area contributed by atoms with Crippen molar-refractivity contribution in [3.05, 3.63) is 60.1 Å². The average molecular weight is 326 g/mol. The highest BCUT2D eigenvalue weighted by molar-refractivity contribution is 5.99. The smallest absolute Gasteiger partial charge is 0.259 e. The molecular weight excluding hydrogens is 308 g/mol. The van der Waals surface area contributed by atoms with Crippen molar-refractivity contribution >= 4 is 29.3 Å². The summed E-state index contributed by atoms with van der Waals surface area (Å²) in [6.45, 7) is 1.58. The molecule has 7 heteroatoms. The zero-order valence-corrected chi connectivity index (χ0v) is 13.2. The Balaban J connectivity index is 1.77. The second-order valence-electron chi connectivity index (χ2n) is 4.92. The van der Waals surface area contributed by atoms with E-state index < -0.39 is 11.8 Å². The molecule has 0 aliphatic rings. The molecule has 1 aromatic carbocycles. The molecule has 0 unspecified atom stereocenters. The van der Waals surface area contributed by atoms with Crippen LogP contribution in [0.1, 0.15) is 18.2 Å². The Bertz CT molecular complexity index is 747. The molecule has 2 amide bonds. The van der Waals surface area contributed by atoms with E-state index >= 15 is 0 Å². The van der Waals surface area contributed by atoms with Crippen LogP contribution in [0.25, 0.3) is 6.08 Å². The van der Waals surface area contributed by atoms with Crippen LogP contribution in [0.5, 0.6) is 0 Å². The lowest BCUT2D eigenvalue weighted by Gasteiger charge is -2.04. The molecule has 7 nitrogen and oxygen atoms in total. The highest BCUT2D eigenvalue weighted by Crippen LogP contribution is 2.06. The third-order valence-corrected chi connectivity index (χ3v) is 3.04. The van der Waals surface area contributed by atoms with Crippen molar-refractivity contribution < 1.29 is 14.0 Å². The molecule has 2 rings (SSSR count). The van der Waals surface area contributed by atoms with Crippen LogP contribution < -0.4 is 16.5 Å². The van der Waals surface area contributed by atoms with Crippen LogP contribution >= 0.6 is 0 Å². The van der Waals surface area contributed by atoms with Crippen molar-refractivity contribution in [3.63, 3.8) is 0 Å². The number of hydrogen-bond donors (Lipinski definition) is 3. The fourth-order valence-electron chi connectivity index (χ4n) is 1.74. The van der Waals surface area contributed by atoms with Gasteiger partial charge in [0.15, 0.2) is 0 Å². The van der Waals surface area contributed by atoms with Crippen molar-refractivity contribution in [1.82, 2.24) is 10.7 Å². The molecule has 0 aliphatic carbocycles. The Morgan fingerprint density at radius 3 is 2.67 bits per heavy atom. The number of rotatable bonds is 6. The summed E-state index contributed by atoms with van der Waals surface area (Å²) >= 11 is 0. The van der Waals surface area contributed by atoms with Gasteiger partial charge < -0.3 is 15.5 Å². The maximum Gasteiger partial charge on any atom is 0.259 e. The molecule has 1 aromatic heterocycles. The Labute approximate surface area is 139 Å². The van der Waals surface area contributed by atoms with E-state index in [2.05, 4.69) is 15.8 Å². The van der Waals surface area contributed by atoms with E-state index in [0.717, 1.165) is 5.56 Å². The summed E-state index contributed by atoms with van der Waals surface area (Å²) in [6.07, 6.45) is 4.30. The first kappa shape index (κ1) is 17.0. The highest BCUT2D eigenvalue weighted by atomic mass is 16.3. The van der Waals surface area contributed by atoms with Gasteiger partial charge in [-0.3, -0.25) is 9.59 Å². The minimum absolute atomic E-state index is 0.181. The summed E-state index contributed by atoms with van der Waals surface area (Å²) in [7, 11) is 0. The summed E-state index contributed by atoms with van der Waals surface area (Å²) in [6, 6.07) is 10.5. The summed E-state index contributed by atoms with van der Waals surface area (Å²) < 4.78 is 5.05. The quantitative estimate of drug-likeness (QED) is 0.323. The van der Waals surface area contributed by atoms with E-state index in [4.69, 9.17) is 10.2 Å². The van der Waals surface area contributed by atoms with Gasteiger partial charge in [-0.2, -0.15) is 5.10 Å². The van der Waals surface area contributed by atoms with Crippen molar-refractivity contribution in [1.29, 1.82) is 0 Å². The lowest BCUT2D eigenvalue weighted by molar-refractivity contribution is -0.123. The number of nitrogens with one attached hydrogen (secondary N) is 2. The molecule has 0 bridgehead atoms. The molecule has 0 aliphatic heterocycles. The SMILES string of the molecule is C/C(=N\NC(=O)CNC(=O)/C=C/c1ccco1)c1ccc(N)cc1. The monoisotopic (exact) mass is 326 g/mol. The summed E-state index contributed by atoms with van der Waals surface area (Å²) in [5, 5.41) is 6.43. The third kappa shape index (κ3) is 5.45. The lowest BCUT2D eigenvalue weighted by atomic mass is 10.1. The van der Waals surface area contributed by atoms with E-state index in [-0.39, 0.29) is 6.54 Å². The van der Waals surface area contributed by atoms with Crippen LogP contribution in [0, 0.1) is 0 Å². The molecule has 2 aromatic rings.